The summed E-state index contributed by atoms with van der Waals surface area (Å²) in [6.45, 7) is -0.322. The van der Waals surface area contributed by atoms with E-state index in [4.69, 9.17) is 21.7 Å². The predicted octanol–water partition coefficient (Wildman–Crippen LogP) is 6.88. The van der Waals surface area contributed by atoms with Crippen LogP contribution in [0.1, 0.15) is 40.4 Å². The molecule has 0 atom stereocenters. The van der Waals surface area contributed by atoms with Gasteiger partial charge in [-0.05, 0) is 49.2 Å². The van der Waals surface area contributed by atoms with Crippen molar-refractivity contribution in [2.45, 2.75) is 25.3 Å². The maximum absolute atomic E-state index is 14.1. The first-order chi connectivity index (χ1) is 18.5. The van der Waals surface area contributed by atoms with Gasteiger partial charge in [-0.1, -0.05) is 41.9 Å². The maximum atomic E-state index is 14.1. The molecule has 0 spiro atoms. The molecule has 38 heavy (non-hydrogen) atoms. The fraction of sp³-hybridized carbons (Fsp3) is 0.138. The summed E-state index contributed by atoms with van der Waals surface area (Å²) < 4.78 is 29.9. The van der Waals surface area contributed by atoms with E-state index in [-0.39, 0.29) is 17.1 Å². The van der Waals surface area contributed by atoms with Gasteiger partial charge in [0.15, 0.2) is 5.65 Å². The number of fused-ring (bicyclic) bond motifs is 1. The zero-order chi connectivity index (χ0) is 26.2. The van der Waals surface area contributed by atoms with Crippen molar-refractivity contribution in [2.75, 3.05) is 5.32 Å². The summed E-state index contributed by atoms with van der Waals surface area (Å²) in [4.78, 5) is 17.4. The highest BCUT2D eigenvalue weighted by molar-refractivity contribution is 6.30. The van der Waals surface area contributed by atoms with Crippen LogP contribution in [0.25, 0.3) is 16.9 Å². The number of nitrogens with zero attached hydrogens (tertiary/aromatic N) is 3. The lowest BCUT2D eigenvalue weighted by Crippen LogP contribution is -2.24. The van der Waals surface area contributed by atoms with Crippen molar-refractivity contribution in [2.24, 2.45) is 0 Å². The molecule has 5 aromatic rings. The smallest absolute Gasteiger partial charge is 0.251 e. The molecule has 1 fully saturated rings. The number of amides is 1. The molecule has 2 N–H and O–H groups in total. The fourth-order valence-corrected chi connectivity index (χ4v) is 4.45. The molecule has 1 aliphatic carbocycles. The zero-order valence-electron chi connectivity index (χ0n) is 20.1. The van der Waals surface area contributed by atoms with Crippen LogP contribution in [-0.4, -0.2) is 20.5 Å². The Balaban J connectivity index is 1.23. The predicted molar refractivity (Wildman–Crippen MR) is 143 cm³/mol. The number of rotatable bonds is 7. The topological polar surface area (TPSA) is 71.3 Å². The number of anilines is 2. The summed E-state index contributed by atoms with van der Waals surface area (Å²) in [5.74, 6) is -0.891. The van der Waals surface area contributed by atoms with Gasteiger partial charge in [0.2, 0.25) is 0 Å². The van der Waals surface area contributed by atoms with Gasteiger partial charge < -0.3 is 10.6 Å². The normalized spacial score (nSPS) is 13.0. The molecule has 0 aliphatic heterocycles. The van der Waals surface area contributed by atoms with E-state index in [0.717, 1.165) is 59.1 Å². The van der Waals surface area contributed by atoms with Crippen molar-refractivity contribution >= 4 is 34.7 Å². The molecule has 190 valence electrons. The Morgan fingerprint density at radius 1 is 1.00 bits per heavy atom. The highest BCUT2D eigenvalue weighted by Crippen LogP contribution is 2.40. The summed E-state index contributed by atoms with van der Waals surface area (Å²) in [5, 5.41) is 10.5. The number of carbonyl (C=O) groups excluding carboxylic acids is 1. The van der Waals surface area contributed by atoms with Crippen LogP contribution in [0.3, 0.4) is 0 Å². The van der Waals surface area contributed by atoms with Crippen LogP contribution in [-0.2, 0) is 6.54 Å². The molecule has 6 nitrogen and oxygen atoms in total. The van der Waals surface area contributed by atoms with Crippen LogP contribution in [0.4, 0.5) is 20.3 Å². The minimum absolute atomic E-state index is 0.201. The molecule has 3 aromatic carbocycles. The monoisotopic (exact) mass is 529 g/mol. The van der Waals surface area contributed by atoms with Gasteiger partial charge in [0, 0.05) is 47.0 Å². The van der Waals surface area contributed by atoms with Crippen LogP contribution >= 0.6 is 11.6 Å². The van der Waals surface area contributed by atoms with Gasteiger partial charge in [-0.15, -0.1) is 0 Å². The lowest BCUT2D eigenvalue weighted by Gasteiger charge is -2.12. The summed E-state index contributed by atoms with van der Waals surface area (Å²) >= 11 is 5.73. The molecule has 9 heteroatoms. The second-order valence-corrected chi connectivity index (χ2v) is 9.62. The van der Waals surface area contributed by atoms with Crippen molar-refractivity contribution in [3.63, 3.8) is 0 Å². The highest BCUT2D eigenvalue weighted by Gasteiger charge is 2.27. The molecule has 0 saturated heterocycles. The fourth-order valence-electron chi connectivity index (χ4n) is 4.27. The number of carbonyl (C=O) groups is 1. The van der Waals surface area contributed by atoms with E-state index >= 15 is 0 Å². The number of hydrogen-bond acceptors (Lipinski definition) is 4. The van der Waals surface area contributed by atoms with Crippen molar-refractivity contribution in [3.05, 3.63) is 112 Å². The first-order valence-corrected chi connectivity index (χ1v) is 12.6. The van der Waals surface area contributed by atoms with Crippen LogP contribution < -0.4 is 10.6 Å². The average Bonchev–Trinajstić information content (AvgIpc) is 3.70. The molecule has 1 aliphatic rings. The van der Waals surface area contributed by atoms with Crippen LogP contribution in [0.15, 0.2) is 78.9 Å². The van der Waals surface area contributed by atoms with Gasteiger partial charge in [0.25, 0.3) is 5.91 Å². The molecule has 0 bridgehead atoms. The Morgan fingerprint density at radius 3 is 2.50 bits per heavy atom. The zero-order valence-corrected chi connectivity index (χ0v) is 20.8. The van der Waals surface area contributed by atoms with Gasteiger partial charge in [-0.2, -0.15) is 9.61 Å². The molecular formula is C29H22ClF2N5O. The van der Waals surface area contributed by atoms with E-state index in [1.165, 1.54) is 0 Å². The Bertz CT molecular complexity index is 1650. The first kappa shape index (κ1) is 24.1. The summed E-state index contributed by atoms with van der Waals surface area (Å²) in [6.07, 6.45) is 2.27. The summed E-state index contributed by atoms with van der Waals surface area (Å²) in [6, 6.07) is 22.9. The van der Waals surface area contributed by atoms with Crippen LogP contribution in [0.5, 0.6) is 0 Å². The second-order valence-electron chi connectivity index (χ2n) is 9.21. The number of halogens is 3. The van der Waals surface area contributed by atoms with Crippen molar-refractivity contribution in [1.29, 1.82) is 0 Å². The Hall–Kier alpha value is -4.30. The second kappa shape index (κ2) is 9.87. The first-order valence-electron chi connectivity index (χ1n) is 12.2. The molecule has 6 rings (SSSR count). The minimum Gasteiger partial charge on any atom is -0.348 e. The number of benzene rings is 3. The van der Waals surface area contributed by atoms with Gasteiger partial charge in [-0.25, -0.2) is 13.8 Å². The standard InChI is InChI=1S/C29H22ClF2N5O/c30-22-12-13-23(31)21(28(22)32)16-33-29(38)19-8-10-20(11-9-19)34-26-14-24(17-4-2-1-3-5-17)35-27-15-25(18-6-7-18)36-37(26)27/h1-5,8-15,18,34H,6-7,16H2,(H,33,38). The van der Waals surface area contributed by atoms with Crippen molar-refractivity contribution < 1.29 is 13.6 Å². The molecule has 2 heterocycles. The average molecular weight is 530 g/mol. The van der Waals surface area contributed by atoms with E-state index in [9.17, 15) is 13.6 Å². The Labute approximate surface area is 222 Å². The summed E-state index contributed by atoms with van der Waals surface area (Å²) in [7, 11) is 0. The third-order valence-corrected chi connectivity index (χ3v) is 6.79. The number of hydrogen-bond donors (Lipinski definition) is 2. The molecule has 0 radical (unpaired) electrons. The van der Waals surface area contributed by atoms with Crippen molar-refractivity contribution in [3.8, 4) is 11.3 Å². The van der Waals surface area contributed by atoms with Gasteiger partial charge in [0.05, 0.1) is 16.4 Å². The van der Waals surface area contributed by atoms with Crippen LogP contribution in [0, 0.1) is 11.6 Å². The third-order valence-electron chi connectivity index (χ3n) is 6.50. The van der Waals surface area contributed by atoms with Crippen LogP contribution in [0.2, 0.25) is 5.02 Å². The maximum Gasteiger partial charge on any atom is 0.251 e. The molecule has 1 amide bonds. The van der Waals surface area contributed by atoms with E-state index in [0.29, 0.717) is 11.5 Å². The lowest BCUT2D eigenvalue weighted by molar-refractivity contribution is 0.0950. The molecular weight excluding hydrogens is 508 g/mol. The van der Waals surface area contributed by atoms with Crippen molar-refractivity contribution in [1.82, 2.24) is 19.9 Å². The SMILES string of the molecule is O=C(NCc1c(F)ccc(Cl)c1F)c1ccc(Nc2cc(-c3ccccc3)nc3cc(C4CC4)nn23)cc1. The quantitative estimate of drug-likeness (QED) is 0.225. The minimum atomic E-state index is -0.881. The van der Waals surface area contributed by atoms with Gasteiger partial charge in [0.1, 0.15) is 17.5 Å². The Kier molecular flexibility index (Phi) is 6.25. The number of aromatic nitrogens is 3. The molecule has 1 saturated carbocycles. The van der Waals surface area contributed by atoms with E-state index < -0.39 is 17.5 Å². The van der Waals surface area contributed by atoms with E-state index in [2.05, 4.69) is 10.6 Å². The molecule has 0 unspecified atom stereocenters. The Morgan fingerprint density at radius 2 is 1.76 bits per heavy atom. The molecule has 2 aromatic heterocycles. The van der Waals surface area contributed by atoms with Gasteiger partial charge in [-0.3, -0.25) is 4.79 Å². The summed E-state index contributed by atoms with van der Waals surface area (Å²) in [5.41, 5.74) is 4.40. The highest BCUT2D eigenvalue weighted by atomic mass is 35.5. The lowest BCUT2D eigenvalue weighted by atomic mass is 10.1. The third kappa shape index (κ3) is 4.82. The van der Waals surface area contributed by atoms with Gasteiger partial charge >= 0.3 is 0 Å². The number of nitrogens with one attached hydrogen (secondary N) is 2. The largest absolute Gasteiger partial charge is 0.348 e. The van der Waals surface area contributed by atoms with E-state index in [1.54, 1.807) is 28.8 Å². The van der Waals surface area contributed by atoms with E-state index in [1.807, 2.05) is 42.5 Å².